The third kappa shape index (κ3) is 3.77. The van der Waals surface area contributed by atoms with Crippen LogP contribution in [-0.2, 0) is 11.3 Å². The van der Waals surface area contributed by atoms with Gasteiger partial charge in [-0.2, -0.15) is 5.26 Å². The molecule has 7 nitrogen and oxygen atoms in total. The zero-order valence-corrected chi connectivity index (χ0v) is 15.7. The Morgan fingerprint density at radius 1 is 1.14 bits per heavy atom. The minimum absolute atomic E-state index is 0.0329. The first-order chi connectivity index (χ1) is 14.2. The first-order valence-electron chi connectivity index (χ1n) is 8.95. The van der Waals surface area contributed by atoms with E-state index in [9.17, 15) is 4.79 Å². The summed E-state index contributed by atoms with van der Waals surface area (Å²) in [4.78, 5) is 22.3. The van der Waals surface area contributed by atoms with Crippen LogP contribution in [0.3, 0.4) is 0 Å². The number of anilines is 1. The first kappa shape index (κ1) is 18.2. The van der Waals surface area contributed by atoms with Crippen LogP contribution >= 0.6 is 0 Å². The Bertz CT molecular complexity index is 1210. The number of hydrogen-bond acceptors (Lipinski definition) is 5. The monoisotopic (exact) mass is 383 g/mol. The topological polar surface area (TPSA) is 84.0 Å². The predicted molar refractivity (Wildman–Crippen MR) is 109 cm³/mol. The Hall–Kier alpha value is -4.18. The van der Waals surface area contributed by atoms with E-state index in [1.165, 1.54) is 12.4 Å². The van der Waals surface area contributed by atoms with E-state index < -0.39 is 0 Å². The summed E-state index contributed by atoms with van der Waals surface area (Å²) in [5, 5.41) is 9.83. The molecule has 0 saturated heterocycles. The number of nitrogens with zero attached hydrogens (tertiary/aromatic N) is 5. The van der Waals surface area contributed by atoms with Gasteiger partial charge >= 0.3 is 0 Å². The Morgan fingerprint density at radius 2 is 1.97 bits per heavy atom. The van der Waals surface area contributed by atoms with Crippen molar-refractivity contribution in [2.75, 3.05) is 11.9 Å². The highest BCUT2D eigenvalue weighted by molar-refractivity contribution is 5.94. The highest BCUT2D eigenvalue weighted by Crippen LogP contribution is 2.30. The summed E-state index contributed by atoms with van der Waals surface area (Å²) in [5.41, 5.74) is 1.94. The fourth-order valence-corrected chi connectivity index (χ4v) is 3.04. The van der Waals surface area contributed by atoms with Gasteiger partial charge in [-0.15, -0.1) is 0 Å². The zero-order chi connectivity index (χ0) is 20.2. The van der Waals surface area contributed by atoms with E-state index in [0.717, 1.165) is 16.6 Å². The lowest BCUT2D eigenvalue weighted by atomic mass is 10.2. The van der Waals surface area contributed by atoms with E-state index in [2.05, 4.69) is 9.97 Å². The summed E-state index contributed by atoms with van der Waals surface area (Å²) in [7, 11) is 1.76. The molecule has 1 amide bonds. The summed E-state index contributed by atoms with van der Waals surface area (Å²) in [6.07, 6.45) is 3.15. The second kappa shape index (κ2) is 7.82. The van der Waals surface area contributed by atoms with Gasteiger partial charge in [0.2, 0.25) is 11.8 Å². The van der Waals surface area contributed by atoms with Gasteiger partial charge in [0.05, 0.1) is 5.52 Å². The predicted octanol–water partition coefficient (Wildman–Crippen LogP) is 3.76. The molecule has 29 heavy (non-hydrogen) atoms. The largest absolute Gasteiger partial charge is 0.438 e. The molecule has 4 rings (SSSR count). The normalized spacial score (nSPS) is 10.5. The molecule has 142 valence electrons. The summed E-state index contributed by atoms with van der Waals surface area (Å²) in [5.74, 6) is 0.846. The molecule has 0 spiro atoms. The first-order valence-corrected chi connectivity index (χ1v) is 8.95. The van der Waals surface area contributed by atoms with Crippen LogP contribution in [0.15, 0.2) is 73.2 Å². The van der Waals surface area contributed by atoms with E-state index in [1.54, 1.807) is 11.9 Å². The minimum atomic E-state index is -0.0329. The number of fused-ring (bicyclic) bond motifs is 1. The lowest BCUT2D eigenvalue weighted by Crippen LogP contribution is -2.29. The molecule has 0 fully saturated rings. The van der Waals surface area contributed by atoms with Crippen LogP contribution in [0.5, 0.6) is 11.6 Å². The molecule has 7 heteroatoms. The van der Waals surface area contributed by atoms with Gasteiger partial charge in [-0.25, -0.2) is 9.97 Å². The molecule has 4 aromatic rings. The SMILES string of the molecule is CN(C(=O)Cn1ccc2c(Oc3cc(C#N)ncn3)cccc21)c1ccccc1. The number of hydrogen-bond donors (Lipinski definition) is 0. The number of aromatic nitrogens is 3. The van der Waals surface area contributed by atoms with Crippen molar-refractivity contribution in [3.05, 3.63) is 78.9 Å². The van der Waals surface area contributed by atoms with E-state index >= 15 is 0 Å². The van der Waals surface area contributed by atoms with Crippen LogP contribution in [0.2, 0.25) is 0 Å². The number of carbonyl (C=O) groups excluding carboxylic acids is 1. The minimum Gasteiger partial charge on any atom is -0.438 e. The summed E-state index contributed by atoms with van der Waals surface area (Å²) in [6.45, 7) is 0.199. The van der Waals surface area contributed by atoms with Crippen molar-refractivity contribution in [3.63, 3.8) is 0 Å². The highest BCUT2D eigenvalue weighted by Gasteiger charge is 2.14. The van der Waals surface area contributed by atoms with Crippen molar-refractivity contribution in [1.29, 1.82) is 5.26 Å². The third-order valence-electron chi connectivity index (χ3n) is 4.57. The molecule has 0 N–H and O–H groups in total. The van der Waals surface area contributed by atoms with Crippen LogP contribution in [0.25, 0.3) is 10.9 Å². The smallest absolute Gasteiger partial charge is 0.246 e. The molecule has 0 unspecified atom stereocenters. The number of benzene rings is 2. The van der Waals surface area contributed by atoms with Crippen molar-refractivity contribution in [2.24, 2.45) is 0 Å². The van der Waals surface area contributed by atoms with Crippen molar-refractivity contribution in [3.8, 4) is 17.7 Å². The lowest BCUT2D eigenvalue weighted by Gasteiger charge is -2.18. The van der Waals surface area contributed by atoms with E-state index in [0.29, 0.717) is 5.75 Å². The van der Waals surface area contributed by atoms with Crippen molar-refractivity contribution in [2.45, 2.75) is 6.54 Å². The number of nitriles is 1. The van der Waals surface area contributed by atoms with Gasteiger partial charge < -0.3 is 14.2 Å². The number of ether oxygens (including phenoxy) is 1. The average molecular weight is 383 g/mol. The maximum absolute atomic E-state index is 12.7. The third-order valence-corrected chi connectivity index (χ3v) is 4.57. The van der Waals surface area contributed by atoms with Crippen LogP contribution in [-0.4, -0.2) is 27.5 Å². The van der Waals surface area contributed by atoms with Gasteiger partial charge in [0.15, 0.2) is 0 Å². The van der Waals surface area contributed by atoms with Gasteiger partial charge in [0.1, 0.15) is 30.4 Å². The Morgan fingerprint density at radius 3 is 2.76 bits per heavy atom. The molecule has 0 aliphatic carbocycles. The van der Waals surface area contributed by atoms with E-state index in [4.69, 9.17) is 10.00 Å². The standard InChI is InChI=1S/C22H17N5O2/c1-26(17-6-3-2-4-7-17)22(28)14-27-11-10-18-19(27)8-5-9-20(18)29-21-12-16(13-23)24-15-25-21/h2-12,15H,14H2,1H3. The van der Waals surface area contributed by atoms with Crippen LogP contribution in [0, 0.1) is 11.3 Å². The Balaban J connectivity index is 1.59. The summed E-state index contributed by atoms with van der Waals surface area (Å²) >= 11 is 0. The molecular formula is C22H17N5O2. The number of carbonyl (C=O) groups is 1. The fourth-order valence-electron chi connectivity index (χ4n) is 3.04. The van der Waals surface area contributed by atoms with Gasteiger partial charge in [0, 0.05) is 30.4 Å². The molecule has 2 aromatic heterocycles. The molecule has 0 saturated carbocycles. The van der Waals surface area contributed by atoms with Gasteiger partial charge in [-0.05, 0) is 30.3 Å². The van der Waals surface area contributed by atoms with E-state index in [-0.39, 0.29) is 24.0 Å². The van der Waals surface area contributed by atoms with Gasteiger partial charge in [-0.1, -0.05) is 24.3 Å². The van der Waals surface area contributed by atoms with Crippen LogP contribution < -0.4 is 9.64 Å². The molecule has 0 radical (unpaired) electrons. The van der Waals surface area contributed by atoms with Crippen molar-refractivity contribution >= 4 is 22.5 Å². The number of para-hydroxylation sites is 1. The maximum atomic E-state index is 12.7. The molecule has 0 bridgehead atoms. The van der Waals surface area contributed by atoms with Gasteiger partial charge in [-0.3, -0.25) is 4.79 Å². The Kier molecular flexibility index (Phi) is 4.91. The quantitative estimate of drug-likeness (QED) is 0.524. The average Bonchev–Trinajstić information content (AvgIpc) is 3.17. The molecule has 0 aliphatic rings. The number of amides is 1. The fraction of sp³-hybridized carbons (Fsp3) is 0.0909. The van der Waals surface area contributed by atoms with Crippen molar-refractivity contribution < 1.29 is 9.53 Å². The van der Waals surface area contributed by atoms with E-state index in [1.807, 2.05) is 71.4 Å². The van der Waals surface area contributed by atoms with Gasteiger partial charge in [0.25, 0.3) is 0 Å². The number of rotatable bonds is 5. The lowest BCUT2D eigenvalue weighted by molar-refractivity contribution is -0.118. The summed E-state index contributed by atoms with van der Waals surface area (Å²) in [6, 6.07) is 20.5. The zero-order valence-electron chi connectivity index (χ0n) is 15.7. The van der Waals surface area contributed by atoms with Crippen molar-refractivity contribution in [1.82, 2.24) is 14.5 Å². The summed E-state index contributed by atoms with van der Waals surface area (Å²) < 4.78 is 7.74. The molecule has 0 atom stereocenters. The Labute approximate surface area is 167 Å². The second-order valence-corrected chi connectivity index (χ2v) is 6.38. The molecule has 0 aliphatic heterocycles. The molecule has 2 aromatic carbocycles. The van der Waals surface area contributed by atoms with Crippen LogP contribution in [0.4, 0.5) is 5.69 Å². The molecule has 2 heterocycles. The number of likely N-dealkylation sites (N-methyl/N-ethyl adjacent to an activating group) is 1. The maximum Gasteiger partial charge on any atom is 0.246 e. The second-order valence-electron chi connectivity index (χ2n) is 6.38. The highest BCUT2D eigenvalue weighted by atomic mass is 16.5. The molecular weight excluding hydrogens is 366 g/mol. The van der Waals surface area contributed by atoms with Crippen LogP contribution in [0.1, 0.15) is 5.69 Å².